The average Bonchev–Trinajstić information content (AvgIpc) is 3.30. The molecule has 0 saturated heterocycles. The van der Waals surface area contributed by atoms with Crippen LogP contribution in [0, 0.1) is 0 Å². The predicted molar refractivity (Wildman–Crippen MR) is 107 cm³/mol. The summed E-state index contributed by atoms with van der Waals surface area (Å²) in [6.45, 7) is 0.208. The highest BCUT2D eigenvalue weighted by molar-refractivity contribution is 5.75. The molecule has 1 N–H and O–H groups in total. The lowest BCUT2D eigenvalue weighted by molar-refractivity contribution is -0.122. The lowest BCUT2D eigenvalue weighted by atomic mass is 10.1. The fourth-order valence-corrected chi connectivity index (χ4v) is 2.83. The third-order valence-corrected chi connectivity index (χ3v) is 4.34. The summed E-state index contributed by atoms with van der Waals surface area (Å²) in [5, 5.41) is 11.2. The van der Waals surface area contributed by atoms with Crippen LogP contribution in [0.15, 0.2) is 84.2 Å². The average molecular weight is 386 g/mol. The quantitative estimate of drug-likeness (QED) is 0.545. The van der Waals surface area contributed by atoms with E-state index in [-0.39, 0.29) is 18.0 Å². The van der Waals surface area contributed by atoms with Crippen LogP contribution in [0.25, 0.3) is 16.9 Å². The Morgan fingerprint density at radius 2 is 1.76 bits per heavy atom. The maximum atomic E-state index is 12.3. The highest BCUT2D eigenvalue weighted by Crippen LogP contribution is 2.14. The number of benzene rings is 2. The summed E-state index contributed by atoms with van der Waals surface area (Å²) in [6, 6.07) is 20.2. The molecule has 1 amide bonds. The Kier molecular flexibility index (Phi) is 5.24. The topological polar surface area (TPSA) is 94.7 Å². The largest absolute Gasteiger partial charge is 0.350 e. The molecule has 0 aliphatic rings. The normalized spacial score (nSPS) is 10.6. The molecular weight excluding hydrogens is 368 g/mol. The maximum Gasteiger partial charge on any atom is 0.267 e. The van der Waals surface area contributed by atoms with Gasteiger partial charge in [-0.3, -0.25) is 9.59 Å². The predicted octanol–water partition coefficient (Wildman–Crippen LogP) is 1.81. The summed E-state index contributed by atoms with van der Waals surface area (Å²) in [4.78, 5) is 28.3. The smallest absolute Gasteiger partial charge is 0.267 e. The minimum absolute atomic E-state index is 0.142. The molecule has 0 radical (unpaired) electrons. The first-order chi connectivity index (χ1) is 14.2. The van der Waals surface area contributed by atoms with Gasteiger partial charge >= 0.3 is 0 Å². The zero-order valence-electron chi connectivity index (χ0n) is 15.5. The molecule has 0 spiro atoms. The summed E-state index contributed by atoms with van der Waals surface area (Å²) in [5.74, 6) is -0.287. The van der Waals surface area contributed by atoms with Gasteiger partial charge in [-0.2, -0.15) is 10.2 Å². The number of nitrogens with one attached hydrogen (secondary N) is 1. The molecule has 4 aromatic rings. The van der Waals surface area contributed by atoms with Gasteiger partial charge in [0, 0.05) is 18.2 Å². The molecule has 0 saturated carbocycles. The summed E-state index contributed by atoms with van der Waals surface area (Å²) < 4.78 is 2.83. The number of rotatable bonds is 6. The second kappa shape index (κ2) is 8.30. The summed E-state index contributed by atoms with van der Waals surface area (Å²) >= 11 is 0. The Hall–Kier alpha value is -4.07. The van der Waals surface area contributed by atoms with Gasteiger partial charge in [0.1, 0.15) is 19.2 Å². The van der Waals surface area contributed by atoms with Crippen molar-refractivity contribution in [2.24, 2.45) is 0 Å². The third kappa shape index (κ3) is 4.44. The molecule has 0 fully saturated rings. The summed E-state index contributed by atoms with van der Waals surface area (Å²) in [7, 11) is 0. The molecule has 144 valence electrons. The van der Waals surface area contributed by atoms with E-state index in [2.05, 4.69) is 20.5 Å². The van der Waals surface area contributed by atoms with Gasteiger partial charge in [-0.25, -0.2) is 14.3 Å². The van der Waals surface area contributed by atoms with E-state index in [0.29, 0.717) is 12.2 Å². The molecular formula is C21H18N6O2. The SMILES string of the molecule is O=C(Cn1nc(-c2ccccc2)ccc1=O)NCc1ccc(-n2cncn2)cc1. The molecule has 0 aliphatic carbocycles. The van der Waals surface area contributed by atoms with Crippen LogP contribution in [-0.4, -0.2) is 30.5 Å². The van der Waals surface area contributed by atoms with Gasteiger partial charge in [0.15, 0.2) is 0 Å². The van der Waals surface area contributed by atoms with Crippen molar-refractivity contribution in [3.63, 3.8) is 0 Å². The molecule has 0 aliphatic heterocycles. The van der Waals surface area contributed by atoms with E-state index < -0.39 is 0 Å². The molecule has 4 rings (SSSR count). The number of carbonyl (C=O) groups is 1. The molecule has 0 unspecified atom stereocenters. The first-order valence-electron chi connectivity index (χ1n) is 9.03. The number of carbonyl (C=O) groups excluding carboxylic acids is 1. The lowest BCUT2D eigenvalue weighted by Crippen LogP contribution is -2.33. The van der Waals surface area contributed by atoms with Crippen molar-refractivity contribution in [3.05, 3.63) is 95.3 Å². The molecule has 2 aromatic carbocycles. The minimum atomic E-state index is -0.322. The fourth-order valence-electron chi connectivity index (χ4n) is 2.83. The van der Waals surface area contributed by atoms with Gasteiger partial charge in [0.25, 0.3) is 5.56 Å². The molecule has 2 heterocycles. The van der Waals surface area contributed by atoms with Crippen molar-refractivity contribution in [1.82, 2.24) is 29.9 Å². The standard InChI is InChI=1S/C21H18N6O2/c28-20(23-12-16-6-8-18(9-7-16)27-15-22-14-24-27)13-26-21(29)11-10-19(25-26)17-4-2-1-3-5-17/h1-11,14-15H,12-13H2,(H,23,28). The van der Waals surface area contributed by atoms with E-state index in [4.69, 9.17) is 0 Å². The van der Waals surface area contributed by atoms with Crippen LogP contribution in [-0.2, 0) is 17.9 Å². The Bertz CT molecular complexity index is 1150. The van der Waals surface area contributed by atoms with Crippen LogP contribution in [0.5, 0.6) is 0 Å². The van der Waals surface area contributed by atoms with Crippen LogP contribution in [0.2, 0.25) is 0 Å². The first-order valence-corrected chi connectivity index (χ1v) is 9.03. The Balaban J connectivity index is 1.39. The zero-order chi connectivity index (χ0) is 20.1. The third-order valence-electron chi connectivity index (χ3n) is 4.34. The van der Waals surface area contributed by atoms with Crippen LogP contribution in [0.4, 0.5) is 0 Å². The molecule has 8 nitrogen and oxygen atoms in total. The van der Waals surface area contributed by atoms with E-state index in [9.17, 15) is 9.59 Å². The van der Waals surface area contributed by atoms with E-state index in [1.165, 1.54) is 17.1 Å². The van der Waals surface area contributed by atoms with Crippen molar-refractivity contribution in [2.45, 2.75) is 13.1 Å². The highest BCUT2D eigenvalue weighted by atomic mass is 16.2. The number of nitrogens with zero attached hydrogens (tertiary/aromatic N) is 5. The lowest BCUT2D eigenvalue weighted by Gasteiger charge is -2.09. The van der Waals surface area contributed by atoms with Crippen LogP contribution < -0.4 is 10.9 Å². The second-order valence-electron chi connectivity index (χ2n) is 6.36. The number of hydrogen-bond donors (Lipinski definition) is 1. The number of hydrogen-bond acceptors (Lipinski definition) is 5. The van der Waals surface area contributed by atoms with E-state index in [0.717, 1.165) is 16.8 Å². The van der Waals surface area contributed by atoms with Gasteiger partial charge in [-0.1, -0.05) is 42.5 Å². The van der Waals surface area contributed by atoms with Gasteiger partial charge in [-0.15, -0.1) is 0 Å². The van der Waals surface area contributed by atoms with Crippen molar-refractivity contribution in [2.75, 3.05) is 0 Å². The first kappa shape index (κ1) is 18.3. The Labute approximate surface area is 166 Å². The van der Waals surface area contributed by atoms with Crippen LogP contribution in [0.1, 0.15) is 5.56 Å². The number of aromatic nitrogens is 5. The van der Waals surface area contributed by atoms with E-state index in [1.807, 2.05) is 54.6 Å². The second-order valence-corrected chi connectivity index (χ2v) is 6.36. The molecule has 0 atom stereocenters. The molecule has 8 heteroatoms. The van der Waals surface area contributed by atoms with E-state index in [1.54, 1.807) is 17.1 Å². The van der Waals surface area contributed by atoms with Crippen LogP contribution >= 0.6 is 0 Å². The summed E-state index contributed by atoms with van der Waals surface area (Å²) in [6.07, 6.45) is 3.09. The van der Waals surface area contributed by atoms with Gasteiger partial charge < -0.3 is 5.32 Å². The summed E-state index contributed by atoms with van der Waals surface area (Å²) in [5.41, 5.74) is 3.01. The van der Waals surface area contributed by atoms with Crippen molar-refractivity contribution < 1.29 is 4.79 Å². The Morgan fingerprint density at radius 3 is 2.48 bits per heavy atom. The van der Waals surface area contributed by atoms with Crippen molar-refractivity contribution in [3.8, 4) is 16.9 Å². The molecule has 29 heavy (non-hydrogen) atoms. The fraction of sp³-hybridized carbons (Fsp3) is 0.0952. The van der Waals surface area contributed by atoms with Gasteiger partial charge in [0.2, 0.25) is 5.91 Å². The maximum absolute atomic E-state index is 12.3. The highest BCUT2D eigenvalue weighted by Gasteiger charge is 2.08. The molecule has 0 bridgehead atoms. The minimum Gasteiger partial charge on any atom is -0.350 e. The van der Waals surface area contributed by atoms with Crippen molar-refractivity contribution in [1.29, 1.82) is 0 Å². The monoisotopic (exact) mass is 386 g/mol. The van der Waals surface area contributed by atoms with Crippen LogP contribution in [0.3, 0.4) is 0 Å². The van der Waals surface area contributed by atoms with Gasteiger partial charge in [-0.05, 0) is 23.8 Å². The molecule has 2 aromatic heterocycles. The van der Waals surface area contributed by atoms with E-state index >= 15 is 0 Å². The number of amides is 1. The van der Waals surface area contributed by atoms with Gasteiger partial charge in [0.05, 0.1) is 11.4 Å². The Morgan fingerprint density at radius 1 is 0.966 bits per heavy atom. The van der Waals surface area contributed by atoms with Crippen molar-refractivity contribution >= 4 is 5.91 Å². The zero-order valence-corrected chi connectivity index (χ0v) is 15.5.